The van der Waals surface area contributed by atoms with Crippen LogP contribution in [0.15, 0.2) is 35.9 Å². The highest BCUT2D eigenvalue weighted by Crippen LogP contribution is 2.22. The highest BCUT2D eigenvalue weighted by molar-refractivity contribution is 6.09. The SMILES string of the molecule is CC(C)c1ccc(NC(=O)C(C)(C)C(=O)NCCC2=CCCCC2)cc1. The van der Waals surface area contributed by atoms with Gasteiger partial charge in [-0.2, -0.15) is 0 Å². The van der Waals surface area contributed by atoms with Crippen molar-refractivity contribution in [3.63, 3.8) is 0 Å². The van der Waals surface area contributed by atoms with E-state index < -0.39 is 5.41 Å². The molecule has 2 N–H and O–H groups in total. The van der Waals surface area contributed by atoms with Crippen molar-refractivity contribution in [2.75, 3.05) is 11.9 Å². The number of amides is 2. The Bertz CT molecular complexity index is 657. The van der Waals surface area contributed by atoms with Crippen molar-refractivity contribution < 1.29 is 9.59 Å². The van der Waals surface area contributed by atoms with Gasteiger partial charge < -0.3 is 10.6 Å². The van der Waals surface area contributed by atoms with Crippen LogP contribution in [0.5, 0.6) is 0 Å². The molecule has 0 bridgehead atoms. The van der Waals surface area contributed by atoms with Crippen LogP contribution in [0.25, 0.3) is 0 Å². The average Bonchev–Trinajstić information content (AvgIpc) is 2.62. The van der Waals surface area contributed by atoms with Crippen molar-refractivity contribution in [2.24, 2.45) is 5.41 Å². The third kappa shape index (κ3) is 5.45. The second-order valence-electron chi connectivity index (χ2n) is 7.97. The molecule has 4 nitrogen and oxygen atoms in total. The summed E-state index contributed by atoms with van der Waals surface area (Å²) in [5.41, 5.74) is 2.24. The number of rotatable bonds is 7. The Labute approximate surface area is 157 Å². The van der Waals surface area contributed by atoms with Crippen molar-refractivity contribution in [1.29, 1.82) is 0 Å². The summed E-state index contributed by atoms with van der Waals surface area (Å²) < 4.78 is 0. The van der Waals surface area contributed by atoms with E-state index in [9.17, 15) is 9.59 Å². The highest BCUT2D eigenvalue weighted by atomic mass is 16.2. The minimum Gasteiger partial charge on any atom is -0.355 e. The van der Waals surface area contributed by atoms with Gasteiger partial charge in [0.1, 0.15) is 5.41 Å². The molecule has 1 aromatic rings. The van der Waals surface area contributed by atoms with Gasteiger partial charge in [0.2, 0.25) is 11.8 Å². The van der Waals surface area contributed by atoms with Gasteiger partial charge in [0.15, 0.2) is 0 Å². The van der Waals surface area contributed by atoms with E-state index in [-0.39, 0.29) is 11.8 Å². The fraction of sp³-hybridized carbons (Fsp3) is 0.545. The van der Waals surface area contributed by atoms with E-state index in [4.69, 9.17) is 0 Å². The highest BCUT2D eigenvalue weighted by Gasteiger charge is 2.35. The summed E-state index contributed by atoms with van der Waals surface area (Å²) in [7, 11) is 0. The lowest BCUT2D eigenvalue weighted by atomic mass is 9.90. The minimum absolute atomic E-state index is 0.231. The van der Waals surface area contributed by atoms with E-state index in [2.05, 4.69) is 30.6 Å². The first kappa shape index (κ1) is 20.2. The molecule has 0 radical (unpaired) electrons. The number of benzene rings is 1. The zero-order valence-corrected chi connectivity index (χ0v) is 16.5. The van der Waals surface area contributed by atoms with Crippen LogP contribution < -0.4 is 10.6 Å². The molecule has 0 saturated heterocycles. The van der Waals surface area contributed by atoms with E-state index in [0.717, 1.165) is 19.3 Å². The number of carbonyl (C=O) groups excluding carboxylic acids is 2. The summed E-state index contributed by atoms with van der Waals surface area (Å²) in [6.07, 6.45) is 7.94. The molecule has 2 amide bonds. The standard InChI is InChI=1S/C22H32N2O2/c1-16(2)18-10-12-19(13-11-18)24-21(26)22(3,4)20(25)23-15-14-17-8-6-5-7-9-17/h8,10-13,16H,5-7,9,14-15H2,1-4H3,(H,23,25)(H,24,26). The summed E-state index contributed by atoms with van der Waals surface area (Å²) in [5, 5.41) is 5.78. The number of carbonyl (C=O) groups is 2. The zero-order valence-electron chi connectivity index (χ0n) is 16.5. The monoisotopic (exact) mass is 356 g/mol. The molecule has 0 saturated carbocycles. The predicted octanol–water partition coefficient (Wildman–Crippen LogP) is 4.78. The van der Waals surface area contributed by atoms with Gasteiger partial charge in [-0.15, -0.1) is 0 Å². The van der Waals surface area contributed by atoms with E-state index >= 15 is 0 Å². The van der Waals surface area contributed by atoms with Gasteiger partial charge in [-0.1, -0.05) is 37.6 Å². The third-order valence-corrected chi connectivity index (χ3v) is 5.09. The molecule has 1 aromatic carbocycles. The molecular formula is C22H32N2O2. The zero-order chi connectivity index (χ0) is 19.2. The Morgan fingerprint density at radius 3 is 2.35 bits per heavy atom. The van der Waals surface area contributed by atoms with Crippen molar-refractivity contribution in [2.45, 2.75) is 65.7 Å². The van der Waals surface area contributed by atoms with Gasteiger partial charge in [0.25, 0.3) is 0 Å². The van der Waals surface area contributed by atoms with Crippen LogP contribution in [-0.2, 0) is 9.59 Å². The Hall–Kier alpha value is -2.10. The van der Waals surface area contributed by atoms with Crippen molar-refractivity contribution in [1.82, 2.24) is 5.32 Å². The molecule has 26 heavy (non-hydrogen) atoms. The van der Waals surface area contributed by atoms with E-state index in [1.165, 1.54) is 24.0 Å². The number of hydrogen-bond donors (Lipinski definition) is 2. The lowest BCUT2D eigenvalue weighted by Gasteiger charge is -2.23. The van der Waals surface area contributed by atoms with Crippen molar-refractivity contribution in [3.05, 3.63) is 41.5 Å². The van der Waals surface area contributed by atoms with Gasteiger partial charge in [0, 0.05) is 12.2 Å². The molecule has 142 valence electrons. The first-order chi connectivity index (χ1) is 12.3. The molecule has 0 fully saturated rings. The molecule has 0 unspecified atom stereocenters. The number of hydrogen-bond acceptors (Lipinski definition) is 2. The summed E-state index contributed by atoms with van der Waals surface area (Å²) in [4.78, 5) is 25.1. The molecule has 0 spiro atoms. The lowest BCUT2D eigenvalue weighted by Crippen LogP contribution is -2.45. The molecular weight excluding hydrogens is 324 g/mol. The maximum atomic E-state index is 12.6. The Kier molecular flexibility index (Phi) is 7.01. The van der Waals surface area contributed by atoms with Crippen LogP contribution in [0.1, 0.15) is 71.3 Å². The molecule has 1 aliphatic carbocycles. The number of nitrogens with one attached hydrogen (secondary N) is 2. The molecule has 0 atom stereocenters. The van der Waals surface area contributed by atoms with Crippen LogP contribution in [0.2, 0.25) is 0 Å². The summed E-state index contributed by atoms with van der Waals surface area (Å²) >= 11 is 0. The summed E-state index contributed by atoms with van der Waals surface area (Å²) in [6, 6.07) is 7.78. The van der Waals surface area contributed by atoms with Gasteiger partial charge in [-0.05, 0) is 69.6 Å². The molecule has 0 aromatic heterocycles. The first-order valence-corrected chi connectivity index (χ1v) is 9.68. The van der Waals surface area contributed by atoms with E-state index in [0.29, 0.717) is 18.2 Å². The largest absolute Gasteiger partial charge is 0.355 e. The van der Waals surface area contributed by atoms with Crippen molar-refractivity contribution in [3.8, 4) is 0 Å². The smallest absolute Gasteiger partial charge is 0.239 e. The lowest BCUT2D eigenvalue weighted by molar-refractivity contribution is -0.138. The summed E-state index contributed by atoms with van der Waals surface area (Å²) in [6.45, 7) is 8.18. The number of anilines is 1. The maximum Gasteiger partial charge on any atom is 0.239 e. The molecule has 2 rings (SSSR count). The predicted molar refractivity (Wildman–Crippen MR) is 107 cm³/mol. The van der Waals surface area contributed by atoms with Crippen LogP contribution in [-0.4, -0.2) is 18.4 Å². The van der Waals surface area contributed by atoms with Gasteiger partial charge >= 0.3 is 0 Å². The topological polar surface area (TPSA) is 58.2 Å². The van der Waals surface area contributed by atoms with Crippen molar-refractivity contribution >= 4 is 17.5 Å². The normalized spacial score (nSPS) is 14.7. The first-order valence-electron chi connectivity index (χ1n) is 9.68. The number of allylic oxidation sites excluding steroid dienone is 1. The maximum absolute atomic E-state index is 12.6. The molecule has 4 heteroatoms. The summed E-state index contributed by atoms with van der Waals surface area (Å²) in [5.74, 6) is -0.0735. The van der Waals surface area contributed by atoms with Crippen LogP contribution in [0.4, 0.5) is 5.69 Å². The molecule has 1 aliphatic rings. The fourth-order valence-corrected chi connectivity index (χ4v) is 3.03. The Morgan fingerprint density at radius 1 is 1.08 bits per heavy atom. The van der Waals surface area contributed by atoms with Gasteiger partial charge in [-0.25, -0.2) is 0 Å². The van der Waals surface area contributed by atoms with Crippen LogP contribution in [0.3, 0.4) is 0 Å². The van der Waals surface area contributed by atoms with Crippen LogP contribution in [0, 0.1) is 5.41 Å². The van der Waals surface area contributed by atoms with Gasteiger partial charge in [-0.3, -0.25) is 9.59 Å². The molecule has 0 heterocycles. The van der Waals surface area contributed by atoms with Gasteiger partial charge in [0.05, 0.1) is 0 Å². The fourth-order valence-electron chi connectivity index (χ4n) is 3.03. The minimum atomic E-state index is -1.11. The Balaban J connectivity index is 1.86. The van der Waals surface area contributed by atoms with E-state index in [1.807, 2.05) is 24.3 Å². The molecule has 0 aliphatic heterocycles. The third-order valence-electron chi connectivity index (χ3n) is 5.09. The average molecular weight is 357 g/mol. The second-order valence-corrected chi connectivity index (χ2v) is 7.97. The van der Waals surface area contributed by atoms with Crippen LogP contribution >= 0.6 is 0 Å². The quantitative estimate of drug-likeness (QED) is 0.545. The van der Waals surface area contributed by atoms with E-state index in [1.54, 1.807) is 13.8 Å². The Morgan fingerprint density at radius 2 is 1.77 bits per heavy atom. The second kappa shape index (κ2) is 9.02.